The Kier molecular flexibility index (Phi) is 9.65. The van der Waals surface area contributed by atoms with Crippen molar-refractivity contribution in [2.75, 3.05) is 0 Å². The zero-order valence-electron chi connectivity index (χ0n) is 19.6. The molecular weight excluding hydrogens is 465 g/mol. The van der Waals surface area contributed by atoms with E-state index in [0.717, 1.165) is 16.7 Å². The Balaban J connectivity index is 1.64. The van der Waals surface area contributed by atoms with Crippen molar-refractivity contribution in [2.24, 2.45) is 0 Å². The summed E-state index contributed by atoms with van der Waals surface area (Å²) in [7, 11) is -3.95. The maximum atomic E-state index is 13.4. The van der Waals surface area contributed by atoms with Crippen molar-refractivity contribution in [3.63, 3.8) is 0 Å². The van der Waals surface area contributed by atoms with Gasteiger partial charge < -0.3 is 19.7 Å². The minimum atomic E-state index is -3.95. The number of ether oxygens (including phenoxy) is 2. The molecule has 0 aliphatic carbocycles. The molecule has 0 radical (unpaired) electrons. The van der Waals surface area contributed by atoms with Gasteiger partial charge in [-0.2, -0.15) is 0 Å². The van der Waals surface area contributed by atoms with Crippen LogP contribution in [0, 0.1) is 6.92 Å². The third kappa shape index (κ3) is 8.71. The fourth-order valence-electron chi connectivity index (χ4n) is 3.48. The number of esters is 1. The van der Waals surface area contributed by atoms with Crippen LogP contribution in [0.25, 0.3) is 0 Å². The molecule has 184 valence electrons. The first kappa shape index (κ1) is 26.2. The molecule has 3 rings (SSSR count). The number of nitrogens with one attached hydrogen (secondary N) is 1. The number of amides is 1. The highest BCUT2D eigenvalue weighted by Gasteiger charge is 2.34. The van der Waals surface area contributed by atoms with Crippen LogP contribution in [0.1, 0.15) is 35.1 Å². The molecule has 1 amide bonds. The molecule has 0 saturated carbocycles. The van der Waals surface area contributed by atoms with Crippen LogP contribution in [0.4, 0.5) is 4.79 Å². The molecule has 0 aliphatic rings. The van der Waals surface area contributed by atoms with Crippen LogP contribution in [-0.4, -0.2) is 22.7 Å². The summed E-state index contributed by atoms with van der Waals surface area (Å²) >= 11 is 0. The summed E-state index contributed by atoms with van der Waals surface area (Å²) < 4.78 is 23.9. The van der Waals surface area contributed by atoms with Crippen molar-refractivity contribution in [1.29, 1.82) is 0 Å². The topological polar surface area (TPSA) is 102 Å². The lowest BCUT2D eigenvalue weighted by molar-refractivity contribution is -0.145. The Morgan fingerprint density at radius 2 is 1.40 bits per heavy atom. The average Bonchev–Trinajstić information content (AvgIpc) is 2.86. The lowest BCUT2D eigenvalue weighted by Gasteiger charge is -2.24. The Morgan fingerprint density at radius 3 is 2.00 bits per heavy atom. The lowest BCUT2D eigenvalue weighted by Crippen LogP contribution is -2.36. The number of carbonyl (C=O) groups excluding carboxylic acids is 2. The number of rotatable bonds is 11. The van der Waals surface area contributed by atoms with Crippen molar-refractivity contribution in [3.05, 3.63) is 107 Å². The van der Waals surface area contributed by atoms with Crippen molar-refractivity contribution in [1.82, 2.24) is 5.32 Å². The highest BCUT2D eigenvalue weighted by Crippen LogP contribution is 2.50. The smallest absolute Gasteiger partial charge is 0.408 e. The van der Waals surface area contributed by atoms with Gasteiger partial charge in [-0.25, -0.2) is 4.79 Å². The van der Waals surface area contributed by atoms with Gasteiger partial charge in [0.25, 0.3) is 0 Å². The molecule has 35 heavy (non-hydrogen) atoms. The molecular formula is C27H30NO6P. The van der Waals surface area contributed by atoms with Gasteiger partial charge in [-0.15, -0.1) is 0 Å². The van der Waals surface area contributed by atoms with Gasteiger partial charge in [0.15, 0.2) is 0 Å². The average molecular weight is 496 g/mol. The second-order valence-electron chi connectivity index (χ2n) is 8.25. The lowest BCUT2D eigenvalue weighted by atomic mass is 10.1. The number of aryl methyl sites for hydroxylation is 1. The minimum Gasteiger partial charge on any atom is -0.461 e. The third-order valence-electron chi connectivity index (χ3n) is 5.51. The van der Waals surface area contributed by atoms with E-state index in [-0.39, 0.29) is 32.2 Å². The summed E-state index contributed by atoms with van der Waals surface area (Å²) in [6.07, 6.45) is -1.15. The van der Waals surface area contributed by atoms with Crippen LogP contribution in [0.3, 0.4) is 0 Å². The van der Waals surface area contributed by atoms with E-state index in [0.29, 0.717) is 5.56 Å². The zero-order chi connectivity index (χ0) is 25.1. The van der Waals surface area contributed by atoms with Crippen molar-refractivity contribution in [3.8, 4) is 0 Å². The van der Waals surface area contributed by atoms with Crippen LogP contribution in [0.2, 0.25) is 0 Å². The highest BCUT2D eigenvalue weighted by atomic mass is 31.2. The molecule has 0 fully saturated rings. The van der Waals surface area contributed by atoms with E-state index in [1.54, 1.807) is 12.1 Å². The van der Waals surface area contributed by atoms with Gasteiger partial charge in [-0.05, 0) is 35.6 Å². The summed E-state index contributed by atoms with van der Waals surface area (Å²) in [5, 5.41) is 2.51. The quantitative estimate of drug-likeness (QED) is 0.267. The first-order chi connectivity index (χ1) is 16.8. The molecule has 2 unspecified atom stereocenters. The van der Waals surface area contributed by atoms with Gasteiger partial charge in [0, 0.05) is 6.42 Å². The Morgan fingerprint density at radius 1 is 0.857 bits per heavy atom. The fourth-order valence-corrected chi connectivity index (χ4v) is 5.39. The van der Waals surface area contributed by atoms with E-state index in [2.05, 4.69) is 5.32 Å². The molecule has 7 nitrogen and oxygen atoms in total. The molecule has 2 N–H and O–H groups in total. The Bertz CT molecular complexity index is 1150. The second kappa shape index (κ2) is 12.9. The van der Waals surface area contributed by atoms with Crippen LogP contribution in [-0.2, 0) is 38.2 Å². The SMILES string of the molecule is Cc1ccccc1CP(=O)(O)C(CCC(=O)OCc1ccccc1)NC(=O)OCc1ccccc1. The van der Waals surface area contributed by atoms with Gasteiger partial charge in [-0.3, -0.25) is 9.36 Å². The van der Waals surface area contributed by atoms with Gasteiger partial charge >= 0.3 is 12.1 Å². The second-order valence-corrected chi connectivity index (χ2v) is 10.7. The summed E-state index contributed by atoms with van der Waals surface area (Å²) in [6.45, 7) is 1.98. The van der Waals surface area contributed by atoms with Crippen LogP contribution >= 0.6 is 7.37 Å². The summed E-state index contributed by atoms with van der Waals surface area (Å²) in [4.78, 5) is 35.7. The molecule has 0 bridgehead atoms. The summed E-state index contributed by atoms with van der Waals surface area (Å²) in [5.74, 6) is -1.69. The maximum absolute atomic E-state index is 13.4. The molecule has 3 aromatic rings. The van der Waals surface area contributed by atoms with E-state index < -0.39 is 25.2 Å². The number of carbonyl (C=O) groups is 2. The molecule has 8 heteroatoms. The Hall–Kier alpha value is -3.41. The monoisotopic (exact) mass is 495 g/mol. The van der Waals surface area contributed by atoms with Gasteiger partial charge in [0.2, 0.25) is 7.37 Å². The van der Waals surface area contributed by atoms with E-state index in [9.17, 15) is 19.0 Å². The van der Waals surface area contributed by atoms with Gasteiger partial charge in [-0.1, -0.05) is 84.9 Å². The Labute approximate surface area is 205 Å². The predicted octanol–water partition coefficient (Wildman–Crippen LogP) is 5.54. The van der Waals surface area contributed by atoms with E-state index in [1.165, 1.54) is 0 Å². The predicted molar refractivity (Wildman–Crippen MR) is 134 cm³/mol. The van der Waals surface area contributed by atoms with Crippen LogP contribution < -0.4 is 5.32 Å². The highest BCUT2D eigenvalue weighted by molar-refractivity contribution is 7.57. The van der Waals surface area contributed by atoms with Crippen molar-refractivity contribution < 1.29 is 28.5 Å². The summed E-state index contributed by atoms with van der Waals surface area (Å²) in [6, 6.07) is 25.6. The van der Waals surface area contributed by atoms with Gasteiger partial charge in [0.1, 0.15) is 19.0 Å². The zero-order valence-corrected chi connectivity index (χ0v) is 20.5. The standard InChI is InChI=1S/C27H30NO6P/c1-21-10-8-9-15-24(21)20-35(31,32)25(28-27(30)34-19-23-13-6-3-7-14-23)16-17-26(29)33-18-22-11-4-2-5-12-22/h2-15,25H,16-20H2,1H3,(H,28,30)(H,31,32). The number of alkyl carbamates (subject to hydrolysis) is 1. The molecule has 3 aromatic carbocycles. The van der Waals surface area contributed by atoms with Crippen LogP contribution in [0.5, 0.6) is 0 Å². The largest absolute Gasteiger partial charge is 0.461 e. The first-order valence-electron chi connectivity index (χ1n) is 11.4. The summed E-state index contributed by atoms with van der Waals surface area (Å²) in [5.41, 5.74) is 3.20. The minimum absolute atomic E-state index is 0.0199. The van der Waals surface area contributed by atoms with E-state index >= 15 is 0 Å². The normalized spacial score (nSPS) is 13.3. The van der Waals surface area contributed by atoms with Crippen molar-refractivity contribution >= 4 is 19.4 Å². The van der Waals surface area contributed by atoms with Gasteiger partial charge in [0.05, 0.1) is 6.16 Å². The molecule has 0 aliphatic heterocycles. The molecule has 0 aromatic heterocycles. The number of benzene rings is 3. The first-order valence-corrected chi connectivity index (χ1v) is 13.3. The van der Waals surface area contributed by atoms with Crippen LogP contribution in [0.15, 0.2) is 84.9 Å². The van der Waals surface area contributed by atoms with E-state index in [4.69, 9.17) is 9.47 Å². The number of hydrogen-bond donors (Lipinski definition) is 2. The molecule has 2 atom stereocenters. The van der Waals surface area contributed by atoms with E-state index in [1.807, 2.05) is 79.7 Å². The van der Waals surface area contributed by atoms with Crippen molar-refractivity contribution in [2.45, 2.75) is 44.9 Å². The fraction of sp³-hybridized carbons (Fsp3) is 0.259. The third-order valence-corrected chi connectivity index (χ3v) is 7.66. The molecule has 0 saturated heterocycles. The molecule has 0 spiro atoms. The number of hydrogen-bond acceptors (Lipinski definition) is 5. The maximum Gasteiger partial charge on any atom is 0.408 e. The molecule has 0 heterocycles.